The van der Waals surface area contributed by atoms with Crippen LogP contribution in [0.25, 0.3) is 11.3 Å². The van der Waals surface area contributed by atoms with Crippen LogP contribution in [0.4, 0.5) is 0 Å². The second-order valence-corrected chi connectivity index (χ2v) is 4.91. The van der Waals surface area contributed by atoms with Crippen molar-refractivity contribution in [2.24, 2.45) is 0 Å². The molecule has 4 aromatic heterocycles. The highest BCUT2D eigenvalue weighted by Gasteiger charge is 2.11. The van der Waals surface area contributed by atoms with Gasteiger partial charge >= 0.3 is 0 Å². The monoisotopic (exact) mass is 283 g/mol. The lowest BCUT2D eigenvalue weighted by molar-refractivity contribution is 0.868. The molecule has 0 N–H and O–H groups in total. The molecule has 0 atom stereocenters. The molecule has 0 radical (unpaired) electrons. The van der Waals surface area contributed by atoms with E-state index in [2.05, 4.69) is 15.1 Å². The van der Waals surface area contributed by atoms with E-state index in [0.29, 0.717) is 11.6 Å². The van der Waals surface area contributed by atoms with E-state index >= 15 is 0 Å². The van der Waals surface area contributed by atoms with Crippen molar-refractivity contribution in [2.45, 2.75) is 6.42 Å². The molecule has 0 aliphatic rings. The van der Waals surface area contributed by atoms with Crippen molar-refractivity contribution in [3.8, 4) is 0 Å². The van der Waals surface area contributed by atoms with Crippen LogP contribution in [-0.2, 0) is 6.42 Å². The topological polar surface area (TPSA) is 47.5 Å². The third-order valence-electron chi connectivity index (χ3n) is 3.26. The Morgan fingerprint density at radius 3 is 3.00 bits per heavy atom. The van der Waals surface area contributed by atoms with Gasteiger partial charge in [0, 0.05) is 31.2 Å². The highest BCUT2D eigenvalue weighted by Crippen LogP contribution is 2.20. The Bertz CT molecular complexity index is 908. The SMILES string of the molecule is Clc1nc2cccnn2c1Cc1ccc2nccn2c1. The van der Waals surface area contributed by atoms with Gasteiger partial charge in [0.25, 0.3) is 0 Å². The van der Waals surface area contributed by atoms with Crippen molar-refractivity contribution in [3.05, 3.63) is 65.5 Å². The number of rotatable bonds is 2. The molecule has 5 nitrogen and oxygen atoms in total. The largest absolute Gasteiger partial charge is 0.307 e. The molecule has 0 unspecified atom stereocenters. The fraction of sp³-hybridized carbons (Fsp3) is 0.0714. The van der Waals surface area contributed by atoms with Crippen LogP contribution in [0.3, 0.4) is 0 Å². The fourth-order valence-electron chi connectivity index (χ4n) is 2.32. The van der Waals surface area contributed by atoms with Gasteiger partial charge in [-0.1, -0.05) is 17.7 Å². The molecule has 98 valence electrons. The van der Waals surface area contributed by atoms with Crippen LogP contribution in [0.1, 0.15) is 11.3 Å². The van der Waals surface area contributed by atoms with E-state index < -0.39 is 0 Å². The van der Waals surface area contributed by atoms with Gasteiger partial charge < -0.3 is 4.40 Å². The molecule has 6 heteroatoms. The summed E-state index contributed by atoms with van der Waals surface area (Å²) < 4.78 is 3.76. The average molecular weight is 284 g/mol. The minimum atomic E-state index is 0.495. The second kappa shape index (κ2) is 4.31. The number of imidazole rings is 2. The van der Waals surface area contributed by atoms with Crippen molar-refractivity contribution in [1.82, 2.24) is 24.0 Å². The Morgan fingerprint density at radius 1 is 1.10 bits per heavy atom. The van der Waals surface area contributed by atoms with Gasteiger partial charge in [-0.05, 0) is 23.8 Å². The maximum absolute atomic E-state index is 6.22. The molecule has 0 fully saturated rings. The molecule has 0 saturated heterocycles. The highest BCUT2D eigenvalue weighted by atomic mass is 35.5. The Hall–Kier alpha value is -2.40. The van der Waals surface area contributed by atoms with Crippen LogP contribution in [0.15, 0.2) is 49.1 Å². The molecule has 0 aliphatic heterocycles. The summed E-state index contributed by atoms with van der Waals surface area (Å²) in [5, 5.41) is 4.80. The number of hydrogen-bond donors (Lipinski definition) is 0. The van der Waals surface area contributed by atoms with Crippen molar-refractivity contribution >= 4 is 22.9 Å². The van der Waals surface area contributed by atoms with E-state index in [0.717, 1.165) is 22.6 Å². The number of aromatic nitrogens is 5. The number of fused-ring (bicyclic) bond motifs is 2. The van der Waals surface area contributed by atoms with E-state index in [-0.39, 0.29) is 0 Å². The van der Waals surface area contributed by atoms with Gasteiger partial charge in [0.2, 0.25) is 0 Å². The molecule has 0 aliphatic carbocycles. The number of pyridine rings is 1. The molecule has 0 saturated carbocycles. The molecule has 0 bridgehead atoms. The third-order valence-corrected chi connectivity index (χ3v) is 3.56. The zero-order valence-corrected chi connectivity index (χ0v) is 11.2. The Balaban J connectivity index is 1.81. The summed E-state index contributed by atoms with van der Waals surface area (Å²) in [5.74, 6) is 0. The summed E-state index contributed by atoms with van der Waals surface area (Å²) >= 11 is 6.22. The van der Waals surface area contributed by atoms with Gasteiger partial charge in [-0.2, -0.15) is 5.10 Å². The summed E-state index contributed by atoms with van der Waals surface area (Å²) in [6.45, 7) is 0. The first-order valence-electron chi connectivity index (χ1n) is 6.21. The molecule has 4 aromatic rings. The quantitative estimate of drug-likeness (QED) is 0.568. The van der Waals surface area contributed by atoms with E-state index in [1.807, 2.05) is 41.1 Å². The summed E-state index contributed by atoms with van der Waals surface area (Å²) in [7, 11) is 0. The third kappa shape index (κ3) is 1.75. The normalized spacial score (nSPS) is 11.4. The molecule has 0 aromatic carbocycles. The van der Waals surface area contributed by atoms with Gasteiger partial charge in [0.05, 0.1) is 5.69 Å². The van der Waals surface area contributed by atoms with E-state index in [9.17, 15) is 0 Å². The number of nitrogens with zero attached hydrogens (tertiary/aromatic N) is 5. The first-order valence-corrected chi connectivity index (χ1v) is 6.59. The molecular formula is C14H10ClN5. The van der Waals surface area contributed by atoms with Crippen LogP contribution in [0.5, 0.6) is 0 Å². The minimum Gasteiger partial charge on any atom is -0.307 e. The predicted octanol–water partition coefficient (Wildman–Crippen LogP) is 2.62. The summed E-state index contributed by atoms with van der Waals surface area (Å²) in [4.78, 5) is 8.54. The van der Waals surface area contributed by atoms with Crippen LogP contribution in [0.2, 0.25) is 5.15 Å². The summed E-state index contributed by atoms with van der Waals surface area (Å²) in [6, 6.07) is 7.77. The molecule has 20 heavy (non-hydrogen) atoms. The zero-order valence-electron chi connectivity index (χ0n) is 10.4. The lowest BCUT2D eigenvalue weighted by Gasteiger charge is -2.03. The maximum Gasteiger partial charge on any atom is 0.155 e. The van der Waals surface area contributed by atoms with Gasteiger partial charge in [0.1, 0.15) is 5.65 Å². The van der Waals surface area contributed by atoms with Crippen molar-refractivity contribution < 1.29 is 0 Å². The van der Waals surface area contributed by atoms with Crippen molar-refractivity contribution in [3.63, 3.8) is 0 Å². The lowest BCUT2D eigenvalue weighted by Crippen LogP contribution is -1.99. The maximum atomic E-state index is 6.22. The summed E-state index contributed by atoms with van der Waals surface area (Å²) in [6.07, 6.45) is 8.15. The van der Waals surface area contributed by atoms with Crippen LogP contribution >= 0.6 is 11.6 Å². The predicted molar refractivity (Wildman–Crippen MR) is 76.0 cm³/mol. The molecule has 0 spiro atoms. The highest BCUT2D eigenvalue weighted by molar-refractivity contribution is 6.30. The smallest absolute Gasteiger partial charge is 0.155 e. The lowest BCUT2D eigenvalue weighted by atomic mass is 10.2. The van der Waals surface area contributed by atoms with Crippen LogP contribution < -0.4 is 0 Å². The Morgan fingerprint density at radius 2 is 2.05 bits per heavy atom. The average Bonchev–Trinajstić information content (AvgIpc) is 3.04. The van der Waals surface area contributed by atoms with Crippen molar-refractivity contribution in [2.75, 3.05) is 0 Å². The van der Waals surface area contributed by atoms with Gasteiger partial charge in [-0.15, -0.1) is 0 Å². The van der Waals surface area contributed by atoms with Crippen LogP contribution in [0, 0.1) is 0 Å². The fourth-order valence-corrected chi connectivity index (χ4v) is 2.55. The van der Waals surface area contributed by atoms with E-state index in [4.69, 9.17) is 11.6 Å². The molecule has 4 rings (SSSR count). The van der Waals surface area contributed by atoms with Crippen LogP contribution in [-0.4, -0.2) is 24.0 Å². The van der Waals surface area contributed by atoms with E-state index in [1.54, 1.807) is 16.9 Å². The summed E-state index contributed by atoms with van der Waals surface area (Å²) in [5.41, 5.74) is 3.71. The first kappa shape index (κ1) is 11.4. The first-order chi connectivity index (χ1) is 9.81. The minimum absolute atomic E-state index is 0.495. The zero-order chi connectivity index (χ0) is 13.5. The second-order valence-electron chi connectivity index (χ2n) is 4.55. The molecular weight excluding hydrogens is 274 g/mol. The van der Waals surface area contributed by atoms with E-state index in [1.165, 1.54) is 0 Å². The van der Waals surface area contributed by atoms with Gasteiger partial charge in [-0.25, -0.2) is 14.5 Å². The van der Waals surface area contributed by atoms with Crippen molar-refractivity contribution in [1.29, 1.82) is 0 Å². The molecule has 4 heterocycles. The Kier molecular flexibility index (Phi) is 2.47. The Labute approximate surface area is 119 Å². The number of halogens is 1. The molecule has 0 amide bonds. The number of hydrogen-bond acceptors (Lipinski definition) is 3. The standard InChI is InChI=1S/C14H10ClN5/c15-14-11(20-13(18-14)2-1-5-17-20)8-10-3-4-12-16-6-7-19(12)9-10/h1-7,9H,8H2. The van der Waals surface area contributed by atoms with Gasteiger partial charge in [0.15, 0.2) is 10.8 Å². The van der Waals surface area contributed by atoms with Gasteiger partial charge in [-0.3, -0.25) is 0 Å².